The first kappa shape index (κ1) is 25.1. The number of amides is 1. The van der Waals surface area contributed by atoms with E-state index in [2.05, 4.69) is 15.2 Å². The molecular formula is C25H30N4O5S. The average molecular weight is 499 g/mol. The highest BCUT2D eigenvalue weighted by atomic mass is 32.1. The van der Waals surface area contributed by atoms with E-state index in [0.717, 1.165) is 15.2 Å². The lowest BCUT2D eigenvalue weighted by Gasteiger charge is -2.35. The third kappa shape index (κ3) is 6.98. The molecule has 1 saturated heterocycles. The highest BCUT2D eigenvalue weighted by Gasteiger charge is 2.25. The Labute approximate surface area is 207 Å². The Morgan fingerprint density at radius 3 is 2.54 bits per heavy atom. The highest BCUT2D eigenvalue weighted by Crippen LogP contribution is 2.25. The number of hydrogen-bond acceptors (Lipinski definition) is 8. The first-order valence-corrected chi connectivity index (χ1v) is 12.4. The van der Waals surface area contributed by atoms with Crippen molar-refractivity contribution in [1.29, 1.82) is 0 Å². The van der Waals surface area contributed by atoms with Gasteiger partial charge in [0.15, 0.2) is 6.04 Å². The van der Waals surface area contributed by atoms with Gasteiger partial charge in [0.1, 0.15) is 18.5 Å². The lowest BCUT2D eigenvalue weighted by Crippen LogP contribution is -2.51. The number of carbonyl (C=O) groups excluding carboxylic acids is 1. The molecule has 0 unspecified atom stereocenters. The monoisotopic (exact) mass is 498 g/mol. The second-order valence-electron chi connectivity index (χ2n) is 8.65. The normalized spacial score (nSPS) is 16.6. The van der Waals surface area contributed by atoms with Crippen LogP contribution in [0.25, 0.3) is 10.2 Å². The van der Waals surface area contributed by atoms with Crippen molar-refractivity contribution in [1.82, 2.24) is 20.1 Å². The van der Waals surface area contributed by atoms with Crippen LogP contribution in [-0.4, -0.2) is 88.9 Å². The van der Waals surface area contributed by atoms with Crippen LogP contribution in [0.4, 0.5) is 0 Å². The zero-order valence-corrected chi connectivity index (χ0v) is 20.4. The number of nitrogens with zero attached hydrogens (tertiary/aromatic N) is 3. The molecule has 0 bridgehead atoms. The third-order valence-electron chi connectivity index (χ3n) is 5.89. The number of carboxylic acid groups (broad SMARTS) is 1. The van der Waals surface area contributed by atoms with Crippen molar-refractivity contribution in [3.63, 3.8) is 0 Å². The molecule has 0 spiro atoms. The van der Waals surface area contributed by atoms with Crippen LogP contribution >= 0.6 is 11.3 Å². The van der Waals surface area contributed by atoms with Crippen LogP contribution in [0.1, 0.15) is 16.6 Å². The summed E-state index contributed by atoms with van der Waals surface area (Å²) in [6.07, 6.45) is -0.639. The predicted molar refractivity (Wildman–Crippen MR) is 134 cm³/mol. The summed E-state index contributed by atoms with van der Waals surface area (Å²) in [6.45, 7) is 5.49. The summed E-state index contributed by atoms with van der Waals surface area (Å²) >= 11 is 1.64. The minimum absolute atomic E-state index is 0.134. The molecule has 4 rings (SSSR count). The summed E-state index contributed by atoms with van der Waals surface area (Å²) in [5.74, 6) is -0.726. The van der Waals surface area contributed by atoms with E-state index in [4.69, 9.17) is 4.74 Å². The fourth-order valence-electron chi connectivity index (χ4n) is 4.13. The van der Waals surface area contributed by atoms with E-state index in [-0.39, 0.29) is 19.1 Å². The Morgan fingerprint density at radius 2 is 1.83 bits per heavy atom. The highest BCUT2D eigenvalue weighted by molar-refractivity contribution is 7.18. The number of aryl methyl sites for hydroxylation is 1. The summed E-state index contributed by atoms with van der Waals surface area (Å²) in [5.41, 5.74) is 1.44. The van der Waals surface area contributed by atoms with Crippen molar-refractivity contribution in [3.8, 4) is 5.75 Å². The van der Waals surface area contributed by atoms with Gasteiger partial charge in [-0.2, -0.15) is 0 Å². The van der Waals surface area contributed by atoms with Gasteiger partial charge in [-0.1, -0.05) is 30.3 Å². The molecule has 1 aliphatic heterocycles. The minimum atomic E-state index is -1.09. The molecule has 186 valence electrons. The number of rotatable bonds is 10. The number of aliphatic hydroxyl groups excluding tert-OH is 1. The Morgan fingerprint density at radius 1 is 1.11 bits per heavy atom. The number of carboxylic acids is 1. The van der Waals surface area contributed by atoms with Gasteiger partial charge in [0, 0.05) is 38.8 Å². The topological polar surface area (TPSA) is 115 Å². The number of piperazine rings is 1. The van der Waals surface area contributed by atoms with Crippen molar-refractivity contribution in [2.75, 3.05) is 45.9 Å². The molecule has 1 aliphatic rings. The van der Waals surface area contributed by atoms with Crippen LogP contribution in [0.5, 0.6) is 5.75 Å². The number of nitrogens with one attached hydrogen (secondary N) is 1. The lowest BCUT2D eigenvalue weighted by molar-refractivity contribution is -0.142. The van der Waals surface area contributed by atoms with Gasteiger partial charge in [0.2, 0.25) is 5.91 Å². The maximum Gasteiger partial charge on any atom is 0.330 e. The van der Waals surface area contributed by atoms with Crippen LogP contribution in [0.15, 0.2) is 48.5 Å². The number of aliphatic carboxylic acids is 1. The fourth-order valence-corrected chi connectivity index (χ4v) is 4.94. The van der Waals surface area contributed by atoms with E-state index in [1.54, 1.807) is 41.7 Å². The zero-order valence-electron chi connectivity index (χ0n) is 19.6. The second-order valence-corrected chi connectivity index (χ2v) is 9.89. The first-order valence-electron chi connectivity index (χ1n) is 11.6. The van der Waals surface area contributed by atoms with Gasteiger partial charge >= 0.3 is 5.97 Å². The molecular weight excluding hydrogens is 468 g/mol. The van der Waals surface area contributed by atoms with Crippen molar-refractivity contribution >= 4 is 33.4 Å². The standard InChI is InChI=1S/C25H30N4O5S/c1-17-26-21-13-20(7-8-22(21)35-17)34-16-19(30)14-28-9-11-29(12-10-28)15-23(31)27-24(25(32)33)18-5-3-2-4-6-18/h2-8,13,19,24,30H,9-12,14-16H2,1H3,(H,27,31)(H,32,33)/t19-,24+/m1/s1. The summed E-state index contributed by atoms with van der Waals surface area (Å²) in [4.78, 5) is 32.7. The van der Waals surface area contributed by atoms with Crippen LogP contribution < -0.4 is 10.1 Å². The molecule has 9 nitrogen and oxygen atoms in total. The molecule has 2 atom stereocenters. The minimum Gasteiger partial charge on any atom is -0.491 e. The number of benzene rings is 2. The second kappa shape index (κ2) is 11.6. The lowest BCUT2D eigenvalue weighted by atomic mass is 10.1. The number of aromatic nitrogens is 1. The van der Waals surface area contributed by atoms with Gasteiger partial charge in [-0.05, 0) is 24.6 Å². The van der Waals surface area contributed by atoms with Crippen molar-refractivity contribution in [2.24, 2.45) is 0 Å². The van der Waals surface area contributed by atoms with E-state index in [1.165, 1.54) is 0 Å². The Kier molecular flexibility index (Phi) is 8.29. The summed E-state index contributed by atoms with van der Waals surface area (Å²) in [6, 6.07) is 13.4. The van der Waals surface area contributed by atoms with Gasteiger partial charge < -0.3 is 20.3 Å². The van der Waals surface area contributed by atoms with E-state index in [0.29, 0.717) is 44.0 Å². The van der Waals surface area contributed by atoms with Gasteiger partial charge in [0.05, 0.1) is 21.8 Å². The summed E-state index contributed by atoms with van der Waals surface area (Å²) < 4.78 is 6.88. The molecule has 0 aliphatic carbocycles. The van der Waals surface area contributed by atoms with Gasteiger partial charge in [-0.25, -0.2) is 9.78 Å². The van der Waals surface area contributed by atoms with Crippen LogP contribution in [-0.2, 0) is 9.59 Å². The number of fused-ring (bicyclic) bond motifs is 1. The van der Waals surface area contributed by atoms with Gasteiger partial charge in [-0.15, -0.1) is 11.3 Å². The first-order chi connectivity index (χ1) is 16.9. The molecule has 35 heavy (non-hydrogen) atoms. The molecule has 1 fully saturated rings. The van der Waals surface area contributed by atoms with Crippen molar-refractivity contribution in [3.05, 3.63) is 59.1 Å². The van der Waals surface area contributed by atoms with Crippen LogP contribution in [0, 0.1) is 6.92 Å². The maximum absolute atomic E-state index is 12.5. The Balaban J connectivity index is 1.18. The molecule has 0 saturated carbocycles. The molecule has 0 radical (unpaired) electrons. The number of ether oxygens (including phenoxy) is 1. The van der Waals surface area contributed by atoms with Gasteiger partial charge in [-0.3, -0.25) is 14.6 Å². The van der Waals surface area contributed by atoms with Crippen molar-refractivity contribution in [2.45, 2.75) is 19.1 Å². The fraction of sp³-hybridized carbons (Fsp3) is 0.400. The zero-order chi connectivity index (χ0) is 24.8. The molecule has 1 aromatic heterocycles. The predicted octanol–water partition coefficient (Wildman–Crippen LogP) is 1.90. The SMILES string of the molecule is Cc1nc2cc(OC[C@H](O)CN3CCN(CC(=O)N[C@H](C(=O)O)c4ccccc4)CC3)ccc2s1. The maximum atomic E-state index is 12.5. The molecule has 1 amide bonds. The average Bonchev–Trinajstić information content (AvgIpc) is 3.22. The van der Waals surface area contributed by atoms with Crippen LogP contribution in [0.2, 0.25) is 0 Å². The summed E-state index contributed by atoms with van der Waals surface area (Å²) in [5, 5.41) is 23.6. The number of hydrogen-bond donors (Lipinski definition) is 3. The van der Waals surface area contributed by atoms with Gasteiger partial charge in [0.25, 0.3) is 0 Å². The molecule has 10 heteroatoms. The van der Waals surface area contributed by atoms with E-state index < -0.39 is 18.1 Å². The largest absolute Gasteiger partial charge is 0.491 e. The number of carbonyl (C=O) groups is 2. The number of aliphatic hydroxyl groups is 1. The van der Waals surface area contributed by atoms with E-state index in [1.807, 2.05) is 30.0 Å². The summed E-state index contributed by atoms with van der Waals surface area (Å²) in [7, 11) is 0. The van der Waals surface area contributed by atoms with E-state index >= 15 is 0 Å². The molecule has 2 aromatic carbocycles. The quantitative estimate of drug-likeness (QED) is 0.388. The number of β-amino-alcohol motifs (C(OH)–C–C–N with tert-alkyl or cyclic N) is 1. The molecule has 3 aromatic rings. The Hall–Kier alpha value is -3.05. The third-order valence-corrected chi connectivity index (χ3v) is 6.85. The number of thiazole rings is 1. The Bertz CT molecular complexity index is 1150. The van der Waals surface area contributed by atoms with Crippen LogP contribution in [0.3, 0.4) is 0 Å². The van der Waals surface area contributed by atoms with Crippen molar-refractivity contribution < 1.29 is 24.5 Å². The smallest absolute Gasteiger partial charge is 0.330 e. The van der Waals surface area contributed by atoms with E-state index in [9.17, 15) is 19.8 Å². The molecule has 3 N–H and O–H groups in total. The molecule has 2 heterocycles.